The monoisotopic (exact) mass is 228 g/mol. The van der Waals surface area contributed by atoms with Gasteiger partial charge in [0.15, 0.2) is 5.60 Å². The molecule has 2 N–H and O–H groups in total. The van der Waals surface area contributed by atoms with E-state index < -0.39 is 5.60 Å². The Bertz CT molecular complexity index is 540. The first kappa shape index (κ1) is 10.2. The lowest BCUT2D eigenvalue weighted by molar-refractivity contribution is 0.103. The van der Waals surface area contributed by atoms with Crippen molar-refractivity contribution in [3.63, 3.8) is 0 Å². The Morgan fingerprint density at radius 1 is 1.53 bits per heavy atom. The van der Waals surface area contributed by atoms with Crippen LogP contribution in [-0.2, 0) is 12.1 Å². The number of hydrogen-bond acceptors (Lipinski definition) is 4. The first-order valence-corrected chi connectivity index (χ1v) is 5.52. The number of ether oxygens (including phenoxy) is 1. The molecule has 17 heavy (non-hydrogen) atoms. The SMILES string of the molecule is Bc1ccc(C2(C)Cn3cc(N)nc3O2)nc1. The largest absolute Gasteiger partial charge is 0.450 e. The van der Waals surface area contributed by atoms with Crippen LogP contribution >= 0.6 is 0 Å². The fraction of sp³-hybridized carbons (Fsp3) is 0.273. The van der Waals surface area contributed by atoms with Crippen LogP contribution in [0, 0.1) is 0 Å². The van der Waals surface area contributed by atoms with Crippen molar-refractivity contribution in [3.05, 3.63) is 30.2 Å². The third kappa shape index (κ3) is 1.56. The molecular formula is C11H13BN4O. The molecular weight excluding hydrogens is 215 g/mol. The van der Waals surface area contributed by atoms with Gasteiger partial charge in [-0.2, -0.15) is 4.98 Å². The average molecular weight is 228 g/mol. The normalized spacial score (nSPS) is 22.2. The van der Waals surface area contributed by atoms with Crippen molar-refractivity contribution in [3.8, 4) is 6.01 Å². The minimum atomic E-state index is -0.455. The molecule has 2 aromatic rings. The van der Waals surface area contributed by atoms with Gasteiger partial charge in [0.05, 0.1) is 18.4 Å². The molecule has 3 heterocycles. The minimum Gasteiger partial charge on any atom is -0.450 e. The first-order valence-electron chi connectivity index (χ1n) is 5.52. The molecule has 0 spiro atoms. The van der Waals surface area contributed by atoms with Gasteiger partial charge in [0.25, 0.3) is 6.01 Å². The van der Waals surface area contributed by atoms with Crippen molar-refractivity contribution in [2.75, 3.05) is 5.73 Å². The van der Waals surface area contributed by atoms with Crippen LogP contribution in [0.4, 0.5) is 5.82 Å². The second-order valence-electron chi connectivity index (χ2n) is 4.63. The summed E-state index contributed by atoms with van der Waals surface area (Å²) >= 11 is 0. The van der Waals surface area contributed by atoms with Crippen molar-refractivity contribution >= 4 is 19.1 Å². The zero-order valence-corrected chi connectivity index (χ0v) is 9.84. The van der Waals surface area contributed by atoms with Gasteiger partial charge in [-0.25, -0.2) is 0 Å². The number of pyridine rings is 1. The van der Waals surface area contributed by atoms with Gasteiger partial charge in [-0.3, -0.25) is 9.55 Å². The molecule has 86 valence electrons. The molecule has 0 bridgehead atoms. The van der Waals surface area contributed by atoms with E-state index in [1.807, 2.05) is 37.7 Å². The molecule has 6 heteroatoms. The molecule has 3 rings (SSSR count). The Morgan fingerprint density at radius 3 is 3.00 bits per heavy atom. The van der Waals surface area contributed by atoms with E-state index >= 15 is 0 Å². The number of nitrogens with zero attached hydrogens (tertiary/aromatic N) is 3. The molecule has 1 unspecified atom stereocenters. The van der Waals surface area contributed by atoms with Gasteiger partial charge in [0.1, 0.15) is 13.7 Å². The van der Waals surface area contributed by atoms with Crippen LogP contribution in [0.2, 0.25) is 0 Å². The van der Waals surface area contributed by atoms with Crippen LogP contribution in [0.15, 0.2) is 24.5 Å². The van der Waals surface area contributed by atoms with Crippen LogP contribution < -0.4 is 15.9 Å². The van der Waals surface area contributed by atoms with Crippen LogP contribution in [0.3, 0.4) is 0 Å². The second-order valence-corrected chi connectivity index (χ2v) is 4.63. The Labute approximate surface area is 100 Å². The fourth-order valence-corrected chi connectivity index (χ4v) is 2.09. The van der Waals surface area contributed by atoms with Crippen LogP contribution in [0.5, 0.6) is 6.01 Å². The zero-order valence-electron chi connectivity index (χ0n) is 9.84. The van der Waals surface area contributed by atoms with Gasteiger partial charge in [-0.15, -0.1) is 0 Å². The van der Waals surface area contributed by atoms with Crippen molar-refractivity contribution < 1.29 is 4.74 Å². The van der Waals surface area contributed by atoms with E-state index in [4.69, 9.17) is 10.5 Å². The number of imidazole rings is 1. The summed E-state index contributed by atoms with van der Waals surface area (Å²) in [5.74, 6) is 0.485. The van der Waals surface area contributed by atoms with Gasteiger partial charge in [-0.1, -0.05) is 11.5 Å². The number of nitrogen functional groups attached to an aromatic ring is 1. The Hall–Kier alpha value is -1.98. The molecule has 0 saturated heterocycles. The van der Waals surface area contributed by atoms with E-state index in [9.17, 15) is 0 Å². The van der Waals surface area contributed by atoms with E-state index in [2.05, 4.69) is 9.97 Å². The molecule has 0 amide bonds. The summed E-state index contributed by atoms with van der Waals surface area (Å²) in [5, 5.41) is 0. The highest BCUT2D eigenvalue weighted by molar-refractivity contribution is 6.32. The zero-order chi connectivity index (χ0) is 12.0. The van der Waals surface area contributed by atoms with Crippen molar-refractivity contribution in [1.82, 2.24) is 14.5 Å². The van der Waals surface area contributed by atoms with Crippen LogP contribution in [0.1, 0.15) is 12.6 Å². The fourth-order valence-electron chi connectivity index (χ4n) is 2.09. The van der Waals surface area contributed by atoms with E-state index in [1.54, 1.807) is 6.20 Å². The quantitative estimate of drug-likeness (QED) is 0.663. The summed E-state index contributed by atoms with van der Waals surface area (Å²) in [6.45, 7) is 2.69. The number of rotatable bonds is 1. The lowest BCUT2D eigenvalue weighted by atomic mass is 9.95. The predicted molar refractivity (Wildman–Crippen MR) is 67.0 cm³/mol. The molecule has 1 aliphatic heterocycles. The van der Waals surface area contributed by atoms with Gasteiger partial charge in [-0.05, 0) is 13.0 Å². The summed E-state index contributed by atoms with van der Waals surface area (Å²) in [4.78, 5) is 8.54. The first-order chi connectivity index (χ1) is 8.07. The van der Waals surface area contributed by atoms with E-state index in [-0.39, 0.29) is 0 Å². The van der Waals surface area contributed by atoms with Crippen LogP contribution in [-0.4, -0.2) is 22.4 Å². The summed E-state index contributed by atoms with van der Waals surface area (Å²) in [6.07, 6.45) is 3.63. The Balaban J connectivity index is 1.95. The second kappa shape index (κ2) is 3.26. The van der Waals surface area contributed by atoms with Gasteiger partial charge in [0, 0.05) is 6.20 Å². The number of aromatic nitrogens is 3. The van der Waals surface area contributed by atoms with Gasteiger partial charge in [0.2, 0.25) is 0 Å². The lowest BCUT2D eigenvalue weighted by Crippen LogP contribution is -2.30. The smallest absolute Gasteiger partial charge is 0.299 e. The van der Waals surface area contributed by atoms with E-state index in [1.165, 1.54) is 0 Å². The number of hydrogen-bond donors (Lipinski definition) is 1. The van der Waals surface area contributed by atoms with Gasteiger partial charge < -0.3 is 10.5 Å². The third-order valence-corrected chi connectivity index (χ3v) is 3.00. The molecule has 5 nitrogen and oxygen atoms in total. The maximum absolute atomic E-state index is 5.85. The molecule has 0 aliphatic carbocycles. The standard InChI is InChI=1S/C11H13BN4O/c1-11(8-3-2-7(12)4-14-8)6-16-5-9(13)15-10(16)17-11/h2-5H,6,12-13H2,1H3. The minimum absolute atomic E-state index is 0.455. The number of fused-ring (bicyclic) bond motifs is 1. The Kier molecular flexibility index (Phi) is 1.95. The van der Waals surface area contributed by atoms with Crippen molar-refractivity contribution in [2.24, 2.45) is 0 Å². The maximum atomic E-state index is 5.85. The molecule has 1 atom stereocenters. The summed E-state index contributed by atoms with van der Waals surface area (Å²) in [5.41, 5.74) is 7.20. The predicted octanol–water partition coefficient (Wildman–Crippen LogP) is -0.573. The molecule has 1 aliphatic rings. The highest BCUT2D eigenvalue weighted by atomic mass is 16.5. The molecule has 0 aromatic carbocycles. The Morgan fingerprint density at radius 2 is 2.35 bits per heavy atom. The molecule has 0 fully saturated rings. The molecule has 2 aromatic heterocycles. The summed E-state index contributed by atoms with van der Waals surface area (Å²) < 4.78 is 7.76. The molecule has 0 radical (unpaired) electrons. The highest BCUT2D eigenvalue weighted by Crippen LogP contribution is 2.35. The lowest BCUT2D eigenvalue weighted by Gasteiger charge is -2.21. The molecule has 0 saturated carbocycles. The average Bonchev–Trinajstić information content (AvgIpc) is 2.72. The van der Waals surface area contributed by atoms with Crippen LogP contribution in [0.25, 0.3) is 0 Å². The summed E-state index contributed by atoms with van der Waals surface area (Å²) in [6, 6.07) is 4.59. The highest BCUT2D eigenvalue weighted by Gasteiger charge is 2.39. The third-order valence-electron chi connectivity index (χ3n) is 3.00. The maximum Gasteiger partial charge on any atom is 0.299 e. The van der Waals surface area contributed by atoms with E-state index in [0.29, 0.717) is 18.4 Å². The number of anilines is 1. The van der Waals surface area contributed by atoms with Gasteiger partial charge >= 0.3 is 0 Å². The van der Waals surface area contributed by atoms with Crippen molar-refractivity contribution in [2.45, 2.75) is 19.1 Å². The van der Waals surface area contributed by atoms with E-state index in [0.717, 1.165) is 11.2 Å². The topological polar surface area (TPSA) is 66.0 Å². The number of nitrogens with two attached hydrogens (primary N) is 1. The van der Waals surface area contributed by atoms with Crippen molar-refractivity contribution in [1.29, 1.82) is 0 Å². The summed E-state index contributed by atoms with van der Waals surface area (Å²) in [7, 11) is 2.01.